The zero-order valence-corrected chi connectivity index (χ0v) is 22.4. The summed E-state index contributed by atoms with van der Waals surface area (Å²) >= 11 is 0. The second kappa shape index (κ2) is 15.2. The highest BCUT2D eigenvalue weighted by atomic mass is 16.6. The Morgan fingerprint density at radius 2 is 1.31 bits per heavy atom. The van der Waals surface area contributed by atoms with Gasteiger partial charge in [0.1, 0.15) is 6.61 Å². The predicted molar refractivity (Wildman–Crippen MR) is 148 cm³/mol. The maximum absolute atomic E-state index is 13.2. The van der Waals surface area contributed by atoms with E-state index >= 15 is 0 Å². The number of rotatable bonds is 14. The van der Waals surface area contributed by atoms with Crippen molar-refractivity contribution in [3.63, 3.8) is 0 Å². The van der Waals surface area contributed by atoms with Gasteiger partial charge in [0, 0.05) is 12.0 Å². The number of benzene rings is 3. The Labute approximate surface area is 229 Å². The molecule has 0 aliphatic rings. The maximum atomic E-state index is 13.2. The Hall–Kier alpha value is -4.26. The number of amides is 1. The van der Waals surface area contributed by atoms with Crippen LogP contribution >= 0.6 is 0 Å². The van der Waals surface area contributed by atoms with E-state index in [1.807, 2.05) is 74.5 Å². The lowest BCUT2D eigenvalue weighted by Crippen LogP contribution is -2.42. The van der Waals surface area contributed by atoms with E-state index in [1.54, 1.807) is 30.3 Å². The minimum absolute atomic E-state index is 0.0760. The molecule has 0 radical (unpaired) electrons. The molecule has 3 aromatic rings. The summed E-state index contributed by atoms with van der Waals surface area (Å²) in [4.78, 5) is 51.3. The third-order valence-electron chi connectivity index (χ3n) is 6.03. The summed E-state index contributed by atoms with van der Waals surface area (Å²) in [5.74, 6) is -1.88. The molecule has 1 amide bonds. The summed E-state index contributed by atoms with van der Waals surface area (Å²) in [5.41, 5.74) is 2.14. The molecule has 0 saturated carbocycles. The van der Waals surface area contributed by atoms with Crippen molar-refractivity contribution in [2.24, 2.45) is 5.92 Å². The molecule has 0 spiro atoms. The first kappa shape index (κ1) is 29.3. The topological polar surface area (TPSA) is 98.8 Å². The number of ketones is 1. The molecular formula is C32H35NO6. The van der Waals surface area contributed by atoms with Crippen LogP contribution in [-0.2, 0) is 36.9 Å². The van der Waals surface area contributed by atoms with Crippen LogP contribution in [0.4, 0.5) is 0 Å². The summed E-state index contributed by atoms with van der Waals surface area (Å²) < 4.78 is 10.8. The Morgan fingerprint density at radius 3 is 1.90 bits per heavy atom. The number of carbonyl (C=O) groups excluding carboxylic acids is 4. The van der Waals surface area contributed by atoms with Crippen LogP contribution in [0.2, 0.25) is 0 Å². The van der Waals surface area contributed by atoms with Gasteiger partial charge >= 0.3 is 11.9 Å². The molecule has 0 fully saturated rings. The molecule has 0 aliphatic heterocycles. The first-order valence-electron chi connectivity index (χ1n) is 13.1. The van der Waals surface area contributed by atoms with E-state index in [9.17, 15) is 19.2 Å². The van der Waals surface area contributed by atoms with E-state index in [4.69, 9.17) is 9.47 Å². The molecule has 39 heavy (non-hydrogen) atoms. The average molecular weight is 530 g/mol. The minimum atomic E-state index is -1.06. The fourth-order valence-electron chi connectivity index (χ4n) is 3.99. The molecule has 7 nitrogen and oxygen atoms in total. The van der Waals surface area contributed by atoms with Crippen LogP contribution in [0.5, 0.6) is 0 Å². The molecule has 0 aliphatic carbocycles. The molecule has 3 rings (SSSR count). The van der Waals surface area contributed by atoms with Crippen molar-refractivity contribution in [2.75, 3.05) is 0 Å². The van der Waals surface area contributed by atoms with E-state index in [0.29, 0.717) is 12.0 Å². The summed E-state index contributed by atoms with van der Waals surface area (Å²) in [6, 6.07) is 26.4. The van der Waals surface area contributed by atoms with Crippen LogP contribution in [0.15, 0.2) is 91.0 Å². The molecule has 2 atom stereocenters. The maximum Gasteiger partial charge on any atom is 0.347 e. The highest BCUT2D eigenvalue weighted by molar-refractivity contribution is 5.98. The first-order chi connectivity index (χ1) is 18.8. The van der Waals surface area contributed by atoms with Gasteiger partial charge in [-0.15, -0.1) is 0 Å². The SMILES string of the molecule is CC(C)C[C@H](OC(=O)CCC(=O)[C@H](Cc1ccccc1)NC(=O)c1ccccc1)C(=O)OCc1ccccc1. The molecular weight excluding hydrogens is 494 g/mol. The monoisotopic (exact) mass is 529 g/mol. The second-order valence-electron chi connectivity index (χ2n) is 9.75. The molecule has 7 heteroatoms. The van der Waals surface area contributed by atoms with Gasteiger partial charge in [0.05, 0.1) is 12.5 Å². The molecule has 0 heterocycles. The van der Waals surface area contributed by atoms with Crippen molar-refractivity contribution in [1.29, 1.82) is 0 Å². The van der Waals surface area contributed by atoms with Gasteiger partial charge in [-0.3, -0.25) is 14.4 Å². The smallest absolute Gasteiger partial charge is 0.347 e. The van der Waals surface area contributed by atoms with Gasteiger partial charge in [-0.25, -0.2) is 4.79 Å². The third-order valence-corrected chi connectivity index (χ3v) is 6.03. The van der Waals surface area contributed by atoms with E-state index in [2.05, 4.69) is 5.32 Å². The van der Waals surface area contributed by atoms with E-state index in [0.717, 1.165) is 11.1 Å². The quantitative estimate of drug-likeness (QED) is 0.293. The molecule has 0 bridgehead atoms. The van der Waals surface area contributed by atoms with Gasteiger partial charge in [-0.2, -0.15) is 0 Å². The van der Waals surface area contributed by atoms with E-state index in [-0.39, 0.29) is 43.5 Å². The number of nitrogens with one attached hydrogen (secondary N) is 1. The molecule has 3 aromatic carbocycles. The van der Waals surface area contributed by atoms with Crippen LogP contribution in [0.1, 0.15) is 54.6 Å². The number of hydrogen-bond donors (Lipinski definition) is 1. The highest BCUT2D eigenvalue weighted by Gasteiger charge is 2.27. The fraction of sp³-hybridized carbons (Fsp3) is 0.312. The fourth-order valence-corrected chi connectivity index (χ4v) is 3.99. The molecule has 0 unspecified atom stereocenters. The van der Waals surface area contributed by atoms with Crippen molar-refractivity contribution in [3.8, 4) is 0 Å². The van der Waals surface area contributed by atoms with E-state index in [1.165, 1.54) is 0 Å². The highest BCUT2D eigenvalue weighted by Crippen LogP contribution is 2.14. The lowest BCUT2D eigenvalue weighted by Gasteiger charge is -2.20. The zero-order chi connectivity index (χ0) is 28.0. The van der Waals surface area contributed by atoms with Crippen LogP contribution in [0, 0.1) is 5.92 Å². The van der Waals surface area contributed by atoms with Crippen LogP contribution in [0.3, 0.4) is 0 Å². The van der Waals surface area contributed by atoms with Crippen molar-refractivity contribution < 1.29 is 28.7 Å². The van der Waals surface area contributed by atoms with E-state index < -0.39 is 24.1 Å². The molecule has 204 valence electrons. The summed E-state index contributed by atoms with van der Waals surface area (Å²) in [6.45, 7) is 3.91. The van der Waals surface area contributed by atoms with Crippen LogP contribution in [-0.4, -0.2) is 35.8 Å². The Balaban J connectivity index is 1.59. The predicted octanol–water partition coefficient (Wildman–Crippen LogP) is 5.08. The minimum Gasteiger partial charge on any atom is -0.458 e. The van der Waals surface area contributed by atoms with Gasteiger partial charge in [-0.1, -0.05) is 92.7 Å². The van der Waals surface area contributed by atoms with Gasteiger partial charge < -0.3 is 14.8 Å². The normalized spacial score (nSPS) is 12.3. The second-order valence-corrected chi connectivity index (χ2v) is 9.75. The van der Waals surface area contributed by atoms with Crippen LogP contribution in [0.25, 0.3) is 0 Å². The number of Topliss-reactive ketones (excluding diaryl/α,β-unsaturated/α-hetero) is 1. The van der Waals surface area contributed by atoms with Gasteiger partial charge in [0.2, 0.25) is 0 Å². The largest absolute Gasteiger partial charge is 0.458 e. The van der Waals surface area contributed by atoms with Gasteiger partial charge in [0.15, 0.2) is 11.9 Å². The number of ether oxygens (including phenoxy) is 2. The standard InChI is InChI=1S/C32H35NO6/c1-23(2)20-29(32(37)38-22-25-14-8-4-9-15-25)39-30(35)19-18-28(34)27(21-24-12-6-3-7-13-24)33-31(36)26-16-10-5-11-17-26/h3-17,23,27,29H,18-22H2,1-2H3,(H,33,36)/t27-,29-/m0/s1. The lowest BCUT2D eigenvalue weighted by atomic mass is 9.99. The average Bonchev–Trinajstić information content (AvgIpc) is 2.95. The Kier molecular flexibility index (Phi) is 11.4. The van der Waals surface area contributed by atoms with Gasteiger partial charge in [-0.05, 0) is 42.0 Å². The van der Waals surface area contributed by atoms with Gasteiger partial charge in [0.25, 0.3) is 5.91 Å². The molecule has 0 saturated heterocycles. The number of esters is 2. The summed E-state index contributed by atoms with van der Waals surface area (Å²) in [7, 11) is 0. The lowest BCUT2D eigenvalue weighted by molar-refractivity contribution is -0.170. The van der Waals surface area contributed by atoms with Crippen molar-refractivity contribution in [3.05, 3.63) is 108 Å². The Morgan fingerprint density at radius 1 is 0.744 bits per heavy atom. The molecule has 0 aromatic heterocycles. The third kappa shape index (κ3) is 10.2. The Bertz CT molecular complexity index is 1210. The summed E-state index contributed by atoms with van der Waals surface area (Å²) in [5, 5.41) is 2.81. The van der Waals surface area contributed by atoms with Crippen molar-refractivity contribution >= 4 is 23.6 Å². The zero-order valence-electron chi connectivity index (χ0n) is 22.4. The van der Waals surface area contributed by atoms with Crippen molar-refractivity contribution in [1.82, 2.24) is 5.32 Å². The number of carbonyl (C=O) groups is 4. The summed E-state index contributed by atoms with van der Waals surface area (Å²) in [6.07, 6.45) is -0.828. The number of hydrogen-bond acceptors (Lipinski definition) is 6. The van der Waals surface area contributed by atoms with Crippen LogP contribution < -0.4 is 5.32 Å². The first-order valence-corrected chi connectivity index (χ1v) is 13.1. The van der Waals surface area contributed by atoms with Crippen molar-refractivity contribution in [2.45, 2.75) is 58.3 Å². The molecule has 1 N–H and O–H groups in total.